The monoisotopic (exact) mass is 817 g/mol. The molecule has 2 amide bonds. The van der Waals surface area contributed by atoms with E-state index in [9.17, 15) is 29.8 Å². The number of benzene rings is 4. The number of nitro groups is 2. The number of anilines is 2. The Kier molecular flexibility index (Phi) is 14.3. The van der Waals surface area contributed by atoms with Crippen LogP contribution in [0.15, 0.2) is 72.8 Å². The molecule has 0 unspecified atom stereocenters. The topological polar surface area (TPSA) is 175 Å². The Morgan fingerprint density at radius 1 is 0.611 bits per heavy atom. The van der Waals surface area contributed by atoms with E-state index in [1.54, 1.807) is 24.3 Å². The predicted octanol–water partition coefficient (Wildman–Crippen LogP) is 10.2. The second kappa shape index (κ2) is 19.1. The number of ether oxygens (including phenoxy) is 2. The lowest BCUT2D eigenvalue weighted by Gasteiger charge is -2.25. The van der Waals surface area contributed by atoms with Crippen molar-refractivity contribution in [2.45, 2.75) is 57.2 Å². The van der Waals surface area contributed by atoms with Gasteiger partial charge in [-0.3, -0.25) is 29.8 Å². The first-order valence-electron chi connectivity index (χ1n) is 17.0. The van der Waals surface area contributed by atoms with Gasteiger partial charge in [-0.05, 0) is 100 Å². The van der Waals surface area contributed by atoms with Crippen molar-refractivity contribution in [3.8, 4) is 11.5 Å². The zero-order chi connectivity index (χ0) is 38.8. The van der Waals surface area contributed by atoms with Crippen molar-refractivity contribution in [3.05, 3.63) is 124 Å². The zero-order valence-electron chi connectivity index (χ0n) is 28.6. The third-order valence-corrected chi connectivity index (χ3v) is 9.72. The van der Waals surface area contributed by atoms with Crippen LogP contribution in [-0.4, -0.2) is 47.0 Å². The molecule has 13 nitrogen and oxygen atoms in total. The van der Waals surface area contributed by atoms with Gasteiger partial charge >= 0.3 is 0 Å². The molecule has 4 aromatic carbocycles. The quantitative estimate of drug-likeness (QED) is 0.104. The molecule has 0 radical (unpaired) electrons. The number of nitro benzene ring substituents is 2. The minimum atomic E-state index is -0.556. The summed E-state index contributed by atoms with van der Waals surface area (Å²) >= 11 is 24.2. The molecule has 0 aromatic heterocycles. The van der Waals surface area contributed by atoms with E-state index in [1.165, 1.54) is 55.0 Å². The largest absolute Gasteiger partial charge is 0.490 e. The van der Waals surface area contributed by atoms with Crippen LogP contribution in [0.2, 0.25) is 20.1 Å². The number of carbonyl (C=O) groups excluding carboxylic acids is 2. The molecule has 2 aliphatic rings. The number of piperidine rings is 1. The van der Waals surface area contributed by atoms with Crippen LogP contribution >= 0.6 is 46.4 Å². The van der Waals surface area contributed by atoms with Gasteiger partial charge in [0.2, 0.25) is 0 Å². The molecule has 1 saturated heterocycles. The Balaban J connectivity index is 0.000000208. The van der Waals surface area contributed by atoms with Crippen LogP contribution in [0.4, 0.5) is 22.7 Å². The average Bonchev–Trinajstić information content (AvgIpc) is 3.15. The Morgan fingerprint density at radius 3 is 1.44 bits per heavy atom. The highest BCUT2D eigenvalue weighted by Crippen LogP contribution is 2.32. The highest BCUT2D eigenvalue weighted by molar-refractivity contribution is 6.35. The van der Waals surface area contributed by atoms with Gasteiger partial charge in [-0.25, -0.2) is 0 Å². The fourth-order valence-electron chi connectivity index (χ4n) is 5.84. The predicted molar refractivity (Wildman–Crippen MR) is 209 cm³/mol. The normalized spacial score (nSPS) is 14.6. The molecule has 1 saturated carbocycles. The van der Waals surface area contributed by atoms with Crippen LogP contribution in [-0.2, 0) is 0 Å². The highest BCUT2D eigenvalue weighted by atomic mass is 35.5. The summed E-state index contributed by atoms with van der Waals surface area (Å²) in [5.74, 6) is -0.0140. The third-order valence-electron chi connectivity index (χ3n) is 8.62. The second-order valence-corrected chi connectivity index (χ2v) is 14.2. The molecule has 0 spiro atoms. The summed E-state index contributed by atoms with van der Waals surface area (Å²) in [6.07, 6.45) is 7.12. The minimum Gasteiger partial charge on any atom is -0.490 e. The number of hydrogen-bond donors (Lipinski definition) is 3. The van der Waals surface area contributed by atoms with Crippen LogP contribution in [0, 0.1) is 20.2 Å². The Labute approximate surface area is 330 Å². The van der Waals surface area contributed by atoms with Crippen LogP contribution in [0.25, 0.3) is 0 Å². The summed E-state index contributed by atoms with van der Waals surface area (Å²) in [6.45, 7) is 1.72. The Hall–Kier alpha value is -4.66. The van der Waals surface area contributed by atoms with Crippen LogP contribution < -0.4 is 25.4 Å². The van der Waals surface area contributed by atoms with E-state index in [1.807, 2.05) is 0 Å². The Morgan fingerprint density at radius 2 is 1.04 bits per heavy atom. The SMILES string of the molecule is O=C(Nc1ccc([N+](=O)[O-])cc1Cl)c1cc(Cl)ccc1OC1CCCCC1.O=C(Nc1ccc([N+](=O)[O-])cc1Cl)c1cc(Cl)ccc1OC1CCNCC1. The number of amides is 2. The molecule has 3 N–H and O–H groups in total. The lowest BCUT2D eigenvalue weighted by atomic mass is 9.97. The summed E-state index contributed by atoms with van der Waals surface area (Å²) in [7, 11) is 0. The van der Waals surface area contributed by atoms with Crippen molar-refractivity contribution >= 4 is 81.0 Å². The van der Waals surface area contributed by atoms with E-state index in [4.69, 9.17) is 55.9 Å². The first kappa shape index (κ1) is 40.5. The van der Waals surface area contributed by atoms with Crippen LogP contribution in [0.1, 0.15) is 65.7 Å². The zero-order valence-corrected chi connectivity index (χ0v) is 31.6. The van der Waals surface area contributed by atoms with Gasteiger partial charge in [0.25, 0.3) is 23.2 Å². The smallest absolute Gasteiger partial charge is 0.271 e. The number of hydrogen-bond acceptors (Lipinski definition) is 9. The molecule has 1 aliphatic carbocycles. The minimum absolute atomic E-state index is 0.0157. The van der Waals surface area contributed by atoms with Gasteiger partial charge < -0.3 is 25.4 Å². The van der Waals surface area contributed by atoms with E-state index >= 15 is 0 Å². The van der Waals surface area contributed by atoms with E-state index in [0.717, 1.165) is 51.6 Å². The van der Waals surface area contributed by atoms with Crippen molar-refractivity contribution in [3.63, 3.8) is 0 Å². The summed E-state index contributed by atoms with van der Waals surface area (Å²) in [4.78, 5) is 46.0. The molecule has 2 fully saturated rings. The lowest BCUT2D eigenvalue weighted by Crippen LogP contribution is -2.34. The molecule has 54 heavy (non-hydrogen) atoms. The summed E-state index contributed by atoms with van der Waals surface area (Å²) in [5.41, 5.74) is 0.798. The maximum atomic E-state index is 12.8. The molecular formula is C37H35Cl4N5O8. The van der Waals surface area contributed by atoms with Crippen molar-refractivity contribution in [1.82, 2.24) is 5.32 Å². The molecule has 0 atom stereocenters. The summed E-state index contributed by atoms with van der Waals surface area (Å²) < 4.78 is 12.0. The van der Waals surface area contributed by atoms with Crippen molar-refractivity contribution in [2.24, 2.45) is 0 Å². The number of non-ortho nitro benzene ring substituents is 2. The molecule has 284 valence electrons. The first-order valence-corrected chi connectivity index (χ1v) is 18.5. The molecule has 17 heteroatoms. The van der Waals surface area contributed by atoms with Gasteiger partial charge in [0.15, 0.2) is 0 Å². The fourth-order valence-corrected chi connectivity index (χ4v) is 6.63. The summed E-state index contributed by atoms with van der Waals surface area (Å²) in [6, 6.07) is 17.4. The first-order chi connectivity index (χ1) is 25.9. The van der Waals surface area contributed by atoms with Crippen LogP contribution in [0.5, 0.6) is 11.5 Å². The second-order valence-electron chi connectivity index (χ2n) is 12.5. The van der Waals surface area contributed by atoms with Crippen LogP contribution in [0.3, 0.4) is 0 Å². The van der Waals surface area contributed by atoms with Gasteiger partial charge in [0.05, 0.1) is 48.5 Å². The highest BCUT2D eigenvalue weighted by Gasteiger charge is 2.22. The van der Waals surface area contributed by atoms with Gasteiger partial charge in [-0.15, -0.1) is 0 Å². The molecule has 6 rings (SSSR count). The molecule has 4 aromatic rings. The number of nitrogens with one attached hydrogen (secondary N) is 3. The van der Waals surface area contributed by atoms with Crippen molar-refractivity contribution in [2.75, 3.05) is 23.7 Å². The van der Waals surface area contributed by atoms with Crippen molar-refractivity contribution in [1.29, 1.82) is 0 Å². The van der Waals surface area contributed by atoms with E-state index < -0.39 is 21.7 Å². The molecular weight excluding hydrogens is 784 g/mol. The third kappa shape index (κ3) is 11.2. The maximum Gasteiger partial charge on any atom is 0.271 e. The standard InChI is InChI=1S/C19H18Cl2N2O4.C18H17Cl2N3O4/c20-12-6-9-18(27-14-4-2-1-3-5-14)15(10-12)19(24)22-17-8-7-13(23(25)26)11-16(17)21;19-11-1-4-17(27-13-5-7-21-8-6-13)14(9-11)18(24)22-16-3-2-12(23(25)26)10-15(16)20/h6-11,14H,1-5H2,(H,22,24);1-4,9-10,13,21H,5-8H2,(H,22,24). The van der Waals surface area contributed by atoms with Gasteiger partial charge in [0, 0.05) is 34.3 Å². The number of halogens is 4. The molecule has 1 heterocycles. The van der Waals surface area contributed by atoms with Crippen molar-refractivity contribution < 1.29 is 28.9 Å². The van der Waals surface area contributed by atoms with Gasteiger partial charge in [-0.1, -0.05) is 52.8 Å². The van der Waals surface area contributed by atoms with Gasteiger partial charge in [0.1, 0.15) is 17.6 Å². The van der Waals surface area contributed by atoms with Gasteiger partial charge in [-0.2, -0.15) is 0 Å². The van der Waals surface area contributed by atoms with E-state index in [2.05, 4.69) is 16.0 Å². The molecule has 1 aliphatic heterocycles. The fraction of sp³-hybridized carbons (Fsp3) is 0.297. The average molecular weight is 820 g/mol. The van der Waals surface area contributed by atoms with E-state index in [0.29, 0.717) is 27.1 Å². The van der Waals surface area contributed by atoms with E-state index in [-0.39, 0.29) is 50.6 Å². The lowest BCUT2D eigenvalue weighted by molar-refractivity contribution is -0.385. The Bertz CT molecular complexity index is 1880. The number of carbonyl (C=O) groups is 2. The number of nitrogens with zero attached hydrogens (tertiary/aromatic N) is 2. The maximum absolute atomic E-state index is 12.8. The summed E-state index contributed by atoms with van der Waals surface area (Å²) in [5, 5.41) is 31.1. The number of rotatable bonds is 10. The molecule has 0 bridgehead atoms.